The molecule has 136 valence electrons. The van der Waals surface area contributed by atoms with Crippen LogP contribution in [0.15, 0.2) is 23.8 Å². The lowest BCUT2D eigenvalue weighted by Crippen LogP contribution is -2.48. The summed E-state index contributed by atoms with van der Waals surface area (Å²) in [5.74, 6) is 2.52. The van der Waals surface area contributed by atoms with Gasteiger partial charge in [-0.2, -0.15) is 0 Å². The summed E-state index contributed by atoms with van der Waals surface area (Å²) in [5.41, 5.74) is 1.42. The molecule has 0 heterocycles. The summed E-state index contributed by atoms with van der Waals surface area (Å²) >= 11 is 0. The van der Waals surface area contributed by atoms with Crippen LogP contribution in [0.1, 0.15) is 52.4 Å². The Morgan fingerprint density at radius 2 is 2.08 bits per heavy atom. The normalized spacial score (nSPS) is 42.1. The zero-order valence-electron chi connectivity index (χ0n) is 15.2. The smallest absolute Gasteiger partial charge is 0.435 e. The monoisotopic (exact) mass is 344 g/mol. The SMILES string of the molecule is CCOC(=O)O[C@H]1CC[C@H]2[C@@H]3CCC4=CC(=O)C=CC4[C@H]3CC[C@]12C. The Bertz CT molecular complexity index is 634. The van der Waals surface area contributed by atoms with Gasteiger partial charge in [-0.1, -0.05) is 18.6 Å². The summed E-state index contributed by atoms with van der Waals surface area (Å²) in [6, 6.07) is 0. The molecule has 0 N–H and O–H groups in total. The maximum Gasteiger partial charge on any atom is 0.508 e. The van der Waals surface area contributed by atoms with Crippen molar-refractivity contribution in [2.75, 3.05) is 6.61 Å². The van der Waals surface area contributed by atoms with E-state index in [1.807, 2.05) is 6.08 Å². The van der Waals surface area contributed by atoms with Crippen LogP contribution in [-0.2, 0) is 14.3 Å². The number of hydrogen-bond donors (Lipinski definition) is 0. The van der Waals surface area contributed by atoms with Gasteiger partial charge >= 0.3 is 6.16 Å². The zero-order chi connectivity index (χ0) is 17.6. The highest BCUT2D eigenvalue weighted by Gasteiger charge is 2.57. The number of ether oxygens (including phenoxy) is 2. The van der Waals surface area contributed by atoms with Crippen molar-refractivity contribution in [2.24, 2.45) is 29.1 Å². The van der Waals surface area contributed by atoms with Gasteiger partial charge in [0, 0.05) is 11.3 Å². The van der Waals surface area contributed by atoms with Gasteiger partial charge in [0.1, 0.15) is 6.10 Å². The van der Waals surface area contributed by atoms with E-state index in [0.717, 1.165) is 32.1 Å². The molecule has 1 unspecified atom stereocenters. The van der Waals surface area contributed by atoms with E-state index in [9.17, 15) is 9.59 Å². The van der Waals surface area contributed by atoms with Crippen molar-refractivity contribution in [2.45, 2.75) is 58.5 Å². The number of hydrogen-bond acceptors (Lipinski definition) is 4. The molecule has 0 aliphatic heterocycles. The van der Waals surface area contributed by atoms with Gasteiger partial charge in [0.05, 0.1) is 6.61 Å². The fraction of sp³-hybridized carbons (Fsp3) is 0.714. The number of rotatable bonds is 2. The maximum atomic E-state index is 11.8. The Morgan fingerprint density at radius 3 is 2.88 bits per heavy atom. The average Bonchev–Trinajstić information content (AvgIpc) is 2.91. The topological polar surface area (TPSA) is 52.6 Å². The second-order valence-corrected chi connectivity index (χ2v) is 8.39. The first kappa shape index (κ1) is 16.9. The zero-order valence-corrected chi connectivity index (χ0v) is 15.2. The number of allylic oxidation sites excluding steroid dienone is 4. The number of carbonyl (C=O) groups is 2. The highest BCUT2D eigenvalue weighted by Crippen LogP contribution is 2.61. The van der Waals surface area contributed by atoms with Crippen LogP contribution in [0, 0.1) is 29.1 Å². The third kappa shape index (κ3) is 2.74. The van der Waals surface area contributed by atoms with E-state index in [4.69, 9.17) is 9.47 Å². The van der Waals surface area contributed by atoms with Crippen LogP contribution in [-0.4, -0.2) is 24.6 Å². The molecule has 4 heteroatoms. The van der Waals surface area contributed by atoms with Gasteiger partial charge in [0.25, 0.3) is 0 Å². The summed E-state index contributed by atoms with van der Waals surface area (Å²) in [5, 5.41) is 0. The molecular weight excluding hydrogens is 316 g/mol. The third-order valence-electron chi connectivity index (χ3n) is 7.36. The second-order valence-electron chi connectivity index (χ2n) is 8.39. The largest absolute Gasteiger partial charge is 0.508 e. The van der Waals surface area contributed by atoms with Gasteiger partial charge in [-0.3, -0.25) is 4.79 Å². The minimum Gasteiger partial charge on any atom is -0.435 e. The lowest BCUT2D eigenvalue weighted by atomic mass is 9.53. The van der Waals surface area contributed by atoms with Crippen LogP contribution in [0.2, 0.25) is 0 Å². The molecule has 4 nitrogen and oxygen atoms in total. The summed E-state index contributed by atoms with van der Waals surface area (Å²) < 4.78 is 10.7. The average molecular weight is 344 g/mol. The molecule has 0 bridgehead atoms. The van der Waals surface area contributed by atoms with E-state index in [2.05, 4.69) is 13.0 Å². The predicted molar refractivity (Wildman–Crippen MR) is 93.9 cm³/mol. The Hall–Kier alpha value is -1.58. The second kappa shape index (κ2) is 6.30. The van der Waals surface area contributed by atoms with E-state index in [1.165, 1.54) is 12.0 Å². The lowest BCUT2D eigenvalue weighted by molar-refractivity contribution is -0.110. The molecule has 0 radical (unpaired) electrons. The molecule has 6 atom stereocenters. The molecule has 0 amide bonds. The summed E-state index contributed by atoms with van der Waals surface area (Å²) in [7, 11) is 0. The summed E-state index contributed by atoms with van der Waals surface area (Å²) in [4.78, 5) is 23.5. The minimum absolute atomic E-state index is 0.0158. The molecule has 4 rings (SSSR count). The number of fused-ring (bicyclic) bond motifs is 5. The minimum atomic E-state index is -0.515. The fourth-order valence-electron chi connectivity index (χ4n) is 6.23. The van der Waals surface area contributed by atoms with Gasteiger partial charge in [0.15, 0.2) is 5.78 Å². The van der Waals surface area contributed by atoms with Gasteiger partial charge in [0.2, 0.25) is 0 Å². The first-order valence-corrected chi connectivity index (χ1v) is 9.79. The molecule has 0 aromatic heterocycles. The Kier molecular flexibility index (Phi) is 4.25. The Balaban J connectivity index is 1.52. The van der Waals surface area contributed by atoms with Crippen molar-refractivity contribution >= 4 is 11.9 Å². The fourth-order valence-corrected chi connectivity index (χ4v) is 6.23. The van der Waals surface area contributed by atoms with Crippen LogP contribution < -0.4 is 0 Å². The molecule has 3 saturated carbocycles. The molecule has 0 aromatic rings. The Morgan fingerprint density at radius 1 is 1.24 bits per heavy atom. The standard InChI is InChI=1S/C21H28O4/c1-3-24-20(23)25-19-9-8-18-17-6-4-13-12-14(22)5-7-15(13)16(17)10-11-21(18,19)2/h5,7,12,15-19H,3-4,6,8-11H2,1-2H3/t15?,16-,17-,18+,19+,21+/m1/s1. The molecular formula is C21H28O4. The predicted octanol–water partition coefficient (Wildman–Crippen LogP) is 4.45. The quantitative estimate of drug-likeness (QED) is 0.695. The highest BCUT2D eigenvalue weighted by molar-refractivity contribution is 6.00. The molecule has 4 aliphatic carbocycles. The van der Waals surface area contributed by atoms with Gasteiger partial charge in [-0.05, 0) is 75.4 Å². The summed E-state index contributed by atoms with van der Waals surface area (Å²) in [6.07, 6.45) is 11.8. The maximum absolute atomic E-state index is 11.8. The van der Waals surface area contributed by atoms with E-state index in [-0.39, 0.29) is 17.3 Å². The number of carbonyl (C=O) groups excluding carboxylic acids is 2. The van der Waals surface area contributed by atoms with Gasteiger partial charge < -0.3 is 9.47 Å². The van der Waals surface area contributed by atoms with Crippen LogP contribution in [0.4, 0.5) is 4.79 Å². The first-order valence-electron chi connectivity index (χ1n) is 9.79. The van der Waals surface area contributed by atoms with Crippen molar-refractivity contribution in [3.8, 4) is 0 Å². The van der Waals surface area contributed by atoms with Crippen LogP contribution >= 0.6 is 0 Å². The molecule has 0 aromatic carbocycles. The van der Waals surface area contributed by atoms with Gasteiger partial charge in [-0.25, -0.2) is 4.79 Å². The van der Waals surface area contributed by atoms with Crippen molar-refractivity contribution in [3.63, 3.8) is 0 Å². The van der Waals surface area contributed by atoms with Crippen molar-refractivity contribution in [3.05, 3.63) is 23.8 Å². The van der Waals surface area contributed by atoms with Gasteiger partial charge in [-0.15, -0.1) is 0 Å². The molecule has 25 heavy (non-hydrogen) atoms. The summed E-state index contributed by atoms with van der Waals surface area (Å²) in [6.45, 7) is 4.48. The molecule has 0 spiro atoms. The van der Waals surface area contributed by atoms with E-state index in [0.29, 0.717) is 30.3 Å². The molecule has 3 fully saturated rings. The lowest BCUT2D eigenvalue weighted by Gasteiger charge is -2.52. The third-order valence-corrected chi connectivity index (χ3v) is 7.36. The van der Waals surface area contributed by atoms with Crippen molar-refractivity contribution in [1.29, 1.82) is 0 Å². The molecule has 0 saturated heterocycles. The van der Waals surface area contributed by atoms with E-state index < -0.39 is 6.16 Å². The van der Waals surface area contributed by atoms with Crippen LogP contribution in [0.3, 0.4) is 0 Å². The van der Waals surface area contributed by atoms with E-state index in [1.54, 1.807) is 13.0 Å². The van der Waals surface area contributed by atoms with Crippen molar-refractivity contribution in [1.82, 2.24) is 0 Å². The number of ketones is 1. The van der Waals surface area contributed by atoms with Crippen molar-refractivity contribution < 1.29 is 19.1 Å². The van der Waals surface area contributed by atoms with E-state index >= 15 is 0 Å². The highest BCUT2D eigenvalue weighted by atomic mass is 16.7. The molecule has 4 aliphatic rings. The Labute approximate surface area is 149 Å². The first-order chi connectivity index (χ1) is 12.0. The van der Waals surface area contributed by atoms with Crippen LogP contribution in [0.25, 0.3) is 0 Å². The van der Waals surface area contributed by atoms with Crippen LogP contribution in [0.5, 0.6) is 0 Å².